The molecule has 20 heavy (non-hydrogen) atoms. The van der Waals surface area contributed by atoms with E-state index >= 15 is 0 Å². The number of rotatable bonds is 5. The van der Waals surface area contributed by atoms with Gasteiger partial charge in [0.05, 0.1) is 4.34 Å². The summed E-state index contributed by atoms with van der Waals surface area (Å²) in [6.45, 7) is 1.39. The fourth-order valence-electron chi connectivity index (χ4n) is 1.99. The summed E-state index contributed by atoms with van der Waals surface area (Å²) < 4.78 is 31.7. The van der Waals surface area contributed by atoms with Gasteiger partial charge >= 0.3 is 5.97 Å². The van der Waals surface area contributed by atoms with Crippen LogP contribution in [0.2, 0.25) is 4.34 Å². The van der Waals surface area contributed by atoms with E-state index in [9.17, 15) is 13.6 Å². The van der Waals surface area contributed by atoms with Gasteiger partial charge in [-0.2, -0.15) is 0 Å². The molecular weight excluding hydrogens is 312 g/mol. The SMILES string of the molecule is O=C(O)c1sc(Cl)cc1OCCN1CCC(F)(F)CC1. The monoisotopic (exact) mass is 325 g/mol. The summed E-state index contributed by atoms with van der Waals surface area (Å²) in [4.78, 5) is 12.9. The van der Waals surface area contributed by atoms with Crippen LogP contribution in [-0.2, 0) is 0 Å². The third-order valence-electron chi connectivity index (χ3n) is 3.11. The van der Waals surface area contributed by atoms with Crippen molar-refractivity contribution in [3.8, 4) is 5.75 Å². The third kappa shape index (κ3) is 4.04. The zero-order valence-corrected chi connectivity index (χ0v) is 12.1. The van der Waals surface area contributed by atoms with Gasteiger partial charge in [-0.1, -0.05) is 11.6 Å². The van der Waals surface area contributed by atoms with Crippen LogP contribution in [-0.4, -0.2) is 48.1 Å². The van der Waals surface area contributed by atoms with Crippen molar-refractivity contribution < 1.29 is 23.4 Å². The van der Waals surface area contributed by atoms with Crippen LogP contribution in [0.1, 0.15) is 22.5 Å². The van der Waals surface area contributed by atoms with Crippen LogP contribution < -0.4 is 4.74 Å². The van der Waals surface area contributed by atoms with Crippen LogP contribution in [0, 0.1) is 0 Å². The second-order valence-electron chi connectivity index (χ2n) is 4.60. The number of piperidine rings is 1. The average Bonchev–Trinajstić information content (AvgIpc) is 2.73. The molecular formula is C12H14ClF2NO3S. The molecule has 2 rings (SSSR count). The fraction of sp³-hybridized carbons (Fsp3) is 0.583. The maximum Gasteiger partial charge on any atom is 0.349 e. The lowest BCUT2D eigenvalue weighted by molar-refractivity contribution is -0.0564. The first-order valence-corrected chi connectivity index (χ1v) is 7.32. The Morgan fingerprint density at radius 1 is 1.50 bits per heavy atom. The van der Waals surface area contributed by atoms with Gasteiger partial charge in [0.2, 0.25) is 0 Å². The Morgan fingerprint density at radius 2 is 2.15 bits per heavy atom. The molecule has 1 N–H and O–H groups in total. The van der Waals surface area contributed by atoms with Gasteiger partial charge < -0.3 is 9.84 Å². The zero-order chi connectivity index (χ0) is 14.8. The van der Waals surface area contributed by atoms with E-state index in [0.717, 1.165) is 11.3 Å². The number of nitrogens with zero attached hydrogens (tertiary/aromatic N) is 1. The number of alkyl halides is 2. The van der Waals surface area contributed by atoms with Crippen molar-refractivity contribution in [3.63, 3.8) is 0 Å². The van der Waals surface area contributed by atoms with E-state index < -0.39 is 11.9 Å². The first kappa shape index (κ1) is 15.5. The molecule has 1 fully saturated rings. The second kappa shape index (κ2) is 6.24. The molecule has 1 aromatic heterocycles. The summed E-state index contributed by atoms with van der Waals surface area (Å²) in [6.07, 6.45) is -0.282. The number of ether oxygens (including phenoxy) is 1. The standard InChI is InChI=1S/C12H14ClF2NO3S/c13-9-7-8(10(20-9)11(17)18)19-6-5-16-3-1-12(14,15)2-4-16/h7H,1-6H2,(H,17,18). The number of hydrogen-bond acceptors (Lipinski definition) is 4. The minimum atomic E-state index is -2.56. The third-order valence-corrected chi connectivity index (χ3v) is 4.35. The molecule has 1 saturated heterocycles. The van der Waals surface area contributed by atoms with E-state index in [1.165, 1.54) is 6.07 Å². The molecule has 0 amide bonds. The van der Waals surface area contributed by atoms with Crippen molar-refractivity contribution in [2.75, 3.05) is 26.2 Å². The van der Waals surface area contributed by atoms with E-state index in [2.05, 4.69) is 0 Å². The van der Waals surface area contributed by atoms with E-state index in [0.29, 0.717) is 24.0 Å². The number of carboxylic acid groups (broad SMARTS) is 1. The molecule has 1 aliphatic heterocycles. The van der Waals surface area contributed by atoms with Gasteiger partial charge in [0.1, 0.15) is 12.4 Å². The highest BCUT2D eigenvalue weighted by Gasteiger charge is 2.33. The first-order valence-electron chi connectivity index (χ1n) is 6.13. The number of likely N-dealkylation sites (tertiary alicyclic amines) is 1. The molecule has 0 bridgehead atoms. The zero-order valence-electron chi connectivity index (χ0n) is 10.6. The molecule has 1 aromatic rings. The van der Waals surface area contributed by atoms with Crippen LogP contribution in [0.4, 0.5) is 8.78 Å². The van der Waals surface area contributed by atoms with Gasteiger partial charge in [0.15, 0.2) is 4.88 Å². The van der Waals surface area contributed by atoms with E-state index in [-0.39, 0.29) is 30.1 Å². The smallest absolute Gasteiger partial charge is 0.349 e. The summed E-state index contributed by atoms with van der Waals surface area (Å²) in [5.41, 5.74) is 0. The first-order chi connectivity index (χ1) is 9.37. The molecule has 0 unspecified atom stereocenters. The van der Waals surface area contributed by atoms with Crippen molar-refractivity contribution in [1.29, 1.82) is 0 Å². The number of halogens is 3. The Hall–Kier alpha value is -0.920. The lowest BCUT2D eigenvalue weighted by atomic mass is 10.1. The van der Waals surface area contributed by atoms with Crippen molar-refractivity contribution in [2.45, 2.75) is 18.8 Å². The quantitative estimate of drug-likeness (QED) is 0.903. The van der Waals surface area contributed by atoms with Crippen molar-refractivity contribution in [2.24, 2.45) is 0 Å². The molecule has 0 spiro atoms. The minimum absolute atomic E-state index is 0.0557. The fourth-order valence-corrected chi connectivity index (χ4v) is 2.99. The van der Waals surface area contributed by atoms with E-state index in [1.807, 2.05) is 4.90 Å². The van der Waals surface area contributed by atoms with Gasteiger partial charge in [-0.15, -0.1) is 11.3 Å². The van der Waals surface area contributed by atoms with Gasteiger partial charge in [0.25, 0.3) is 5.92 Å². The highest BCUT2D eigenvalue weighted by Crippen LogP contribution is 2.33. The number of aromatic carboxylic acids is 1. The molecule has 112 valence electrons. The van der Waals surface area contributed by atoms with Crippen molar-refractivity contribution in [3.05, 3.63) is 15.3 Å². The molecule has 4 nitrogen and oxygen atoms in total. The molecule has 8 heteroatoms. The Balaban J connectivity index is 1.80. The largest absolute Gasteiger partial charge is 0.490 e. The summed E-state index contributed by atoms with van der Waals surface area (Å²) in [5, 5.41) is 8.96. The maximum atomic E-state index is 13.0. The predicted octanol–water partition coefficient (Wildman–Crippen LogP) is 3.21. The topological polar surface area (TPSA) is 49.8 Å². The van der Waals surface area contributed by atoms with Crippen LogP contribution in [0.5, 0.6) is 5.75 Å². The number of carboxylic acids is 1. The highest BCUT2D eigenvalue weighted by molar-refractivity contribution is 7.18. The van der Waals surface area contributed by atoms with Crippen LogP contribution in [0.25, 0.3) is 0 Å². The Morgan fingerprint density at radius 3 is 2.75 bits per heavy atom. The lowest BCUT2D eigenvalue weighted by Crippen LogP contribution is -2.41. The Labute approximate surface area is 123 Å². The van der Waals surface area contributed by atoms with Crippen LogP contribution in [0.15, 0.2) is 6.07 Å². The van der Waals surface area contributed by atoms with Crippen molar-refractivity contribution >= 4 is 28.9 Å². The lowest BCUT2D eigenvalue weighted by Gasteiger charge is -2.31. The molecule has 1 aliphatic rings. The van der Waals surface area contributed by atoms with Crippen LogP contribution in [0.3, 0.4) is 0 Å². The van der Waals surface area contributed by atoms with Gasteiger partial charge in [-0.3, -0.25) is 4.90 Å². The molecule has 0 atom stereocenters. The average molecular weight is 326 g/mol. The number of thiophene rings is 1. The number of hydrogen-bond donors (Lipinski definition) is 1. The number of carbonyl (C=O) groups is 1. The van der Waals surface area contributed by atoms with Gasteiger partial charge in [-0.25, -0.2) is 13.6 Å². The molecule has 2 heterocycles. The highest BCUT2D eigenvalue weighted by atomic mass is 35.5. The Bertz CT molecular complexity index is 485. The molecule has 0 aromatic carbocycles. The van der Waals surface area contributed by atoms with E-state index in [1.54, 1.807) is 0 Å². The normalized spacial score (nSPS) is 18.9. The molecule has 0 aliphatic carbocycles. The van der Waals surface area contributed by atoms with Crippen molar-refractivity contribution in [1.82, 2.24) is 4.90 Å². The van der Waals surface area contributed by atoms with E-state index in [4.69, 9.17) is 21.4 Å². The summed E-state index contributed by atoms with van der Waals surface area (Å²) in [5.74, 6) is -3.42. The summed E-state index contributed by atoms with van der Waals surface area (Å²) in [7, 11) is 0. The Kier molecular flexibility index (Phi) is 4.82. The maximum absolute atomic E-state index is 13.0. The van der Waals surface area contributed by atoms with Gasteiger partial charge in [-0.05, 0) is 0 Å². The second-order valence-corrected chi connectivity index (χ2v) is 6.28. The molecule has 0 saturated carbocycles. The van der Waals surface area contributed by atoms with Crippen LogP contribution >= 0.6 is 22.9 Å². The summed E-state index contributed by atoms with van der Waals surface area (Å²) >= 11 is 6.69. The minimum Gasteiger partial charge on any atom is -0.490 e. The predicted molar refractivity (Wildman–Crippen MR) is 72.4 cm³/mol. The van der Waals surface area contributed by atoms with Gasteiger partial charge in [0, 0.05) is 38.5 Å². The molecule has 0 radical (unpaired) electrons. The summed E-state index contributed by atoms with van der Waals surface area (Å²) in [6, 6.07) is 1.46.